The number of rotatable bonds is 34. The lowest BCUT2D eigenvalue weighted by Gasteiger charge is -2.28. The molecule has 3 aromatic rings. The van der Waals surface area contributed by atoms with E-state index < -0.39 is 120 Å². The van der Waals surface area contributed by atoms with Crippen LogP contribution < -0.4 is 58.9 Å². The first-order valence-electron chi connectivity index (χ1n) is 26.8. The molecule has 13 N–H and O–H groups in total. The Bertz CT molecular complexity index is 2630. The van der Waals surface area contributed by atoms with Gasteiger partial charge in [-0.25, -0.2) is 4.79 Å². The Balaban J connectivity index is 1.87. The zero-order valence-electron chi connectivity index (χ0n) is 47.6. The molecule has 1 heterocycles. The van der Waals surface area contributed by atoms with Crippen molar-refractivity contribution in [2.75, 3.05) is 48.3 Å². The molecule has 2 aromatic carbocycles. The number of thioether (sulfide) groups is 1. The van der Waals surface area contributed by atoms with Crippen LogP contribution in [0, 0.1) is 11.8 Å². The second-order valence-corrected chi connectivity index (χ2v) is 23.0. The summed E-state index contributed by atoms with van der Waals surface area (Å²) in [5.41, 5.74) is 12.8. The number of primary amides is 2. The number of H-pyrrole nitrogens is 1. The van der Waals surface area contributed by atoms with Gasteiger partial charge >= 0.3 is 6.09 Å². The van der Waals surface area contributed by atoms with E-state index in [-0.39, 0.29) is 38.0 Å². The molecule has 0 bridgehead atoms. The number of carbonyl (C=O) groups excluding carboxylic acids is 10. The van der Waals surface area contributed by atoms with Crippen LogP contribution in [0.3, 0.4) is 0 Å². The molecular weight excluding hydrogens is 1110 g/mol. The number of halogens is 2. The van der Waals surface area contributed by atoms with Crippen LogP contribution in [0.5, 0.6) is 0 Å². The number of aromatic amines is 1. The number of nitrogens with two attached hydrogens (primary N) is 2. The normalized spacial score (nSPS) is 14.0. The van der Waals surface area contributed by atoms with Crippen LogP contribution in [0.1, 0.15) is 92.2 Å². The number of carbonyl (C=O) groups is 10. The summed E-state index contributed by atoms with van der Waals surface area (Å²) in [6.07, 6.45) is 2.16. The van der Waals surface area contributed by atoms with Gasteiger partial charge in [-0.1, -0.05) is 58.0 Å². The third kappa shape index (κ3) is 24.1. The van der Waals surface area contributed by atoms with E-state index in [0.29, 0.717) is 48.2 Å². The Kier molecular flexibility index (Phi) is 28.6. The Morgan fingerprint density at radius 3 is 1.89 bits per heavy atom. The fraction of sp³-hybridized carbons (Fsp3) is 0.564. The first-order valence-corrected chi connectivity index (χ1v) is 29.3. The first-order chi connectivity index (χ1) is 38.2. The van der Waals surface area contributed by atoms with E-state index in [9.17, 15) is 47.9 Å². The molecule has 23 nitrogen and oxygen atoms in total. The highest BCUT2D eigenvalue weighted by molar-refractivity contribution is 7.98. The van der Waals surface area contributed by atoms with E-state index >= 15 is 0 Å². The molecule has 7 atom stereocenters. The average molecular weight is 1190 g/mol. The maximum Gasteiger partial charge on any atom is 0.408 e. The van der Waals surface area contributed by atoms with Crippen molar-refractivity contribution in [1.29, 1.82) is 0 Å². The number of amides is 10. The van der Waals surface area contributed by atoms with Gasteiger partial charge in [-0.15, -0.1) is 23.2 Å². The Morgan fingerprint density at radius 2 is 1.28 bits per heavy atom. The van der Waals surface area contributed by atoms with Gasteiger partial charge < -0.3 is 68.6 Å². The Labute approximate surface area is 488 Å². The van der Waals surface area contributed by atoms with Crippen molar-refractivity contribution in [1.82, 2.24) is 47.5 Å². The molecule has 81 heavy (non-hydrogen) atoms. The molecule has 1 aromatic heterocycles. The van der Waals surface area contributed by atoms with Gasteiger partial charge in [-0.3, -0.25) is 43.2 Å². The van der Waals surface area contributed by atoms with Gasteiger partial charge in [0.15, 0.2) is 0 Å². The third-order valence-corrected chi connectivity index (χ3v) is 13.5. The van der Waals surface area contributed by atoms with E-state index in [1.807, 2.05) is 55.3 Å². The second kappa shape index (κ2) is 33.8. The molecule has 0 saturated heterocycles. The maximum absolute atomic E-state index is 14.5. The van der Waals surface area contributed by atoms with E-state index in [4.69, 9.17) is 39.4 Å². The lowest BCUT2D eigenvalue weighted by molar-refractivity contribution is -0.135. The summed E-state index contributed by atoms with van der Waals surface area (Å²) in [4.78, 5) is 140. The van der Waals surface area contributed by atoms with Crippen molar-refractivity contribution in [3.8, 4) is 0 Å². The van der Waals surface area contributed by atoms with Crippen molar-refractivity contribution >= 4 is 111 Å². The van der Waals surface area contributed by atoms with E-state index in [0.717, 1.165) is 16.6 Å². The number of para-hydroxylation sites is 1. The molecule has 0 aliphatic heterocycles. The van der Waals surface area contributed by atoms with Gasteiger partial charge in [-0.2, -0.15) is 11.8 Å². The molecule has 448 valence electrons. The van der Waals surface area contributed by atoms with E-state index in [1.165, 1.54) is 18.7 Å². The van der Waals surface area contributed by atoms with Gasteiger partial charge in [0.2, 0.25) is 53.2 Å². The molecule has 0 unspecified atom stereocenters. The first kappa shape index (κ1) is 68.5. The zero-order chi connectivity index (χ0) is 60.6. The minimum absolute atomic E-state index is 0.0500. The number of alkyl carbamates (subject to hydrolysis) is 1. The van der Waals surface area contributed by atoms with Crippen LogP contribution >= 0.6 is 35.0 Å². The standard InChI is InChI=1S/C55H82Cl2N12O11S/c1-31(2)25-41(51(76)64-39(47(59)72)19-24-81-9)63-45(71)30-61-53(78)46(32(3)4)68-48(73)33(5)62-50(75)43(28-35-29-60-38-16-11-10-15-37(35)38)66-49(74)40(17-18-44(58)70)65-52(77)42(67-54(79)80-55(6,7)8)27-34-13-12-14-36(26-34)69(22-20-56)23-21-57/h10-16,26,29,31-33,39-43,46,60H,17-25,27-28,30H2,1-9H3,(H2,58,70)(H2,59,72)(H,61,78)(H,62,75)(H,63,71)(H,64,76)(H,65,77)(H,66,74)(H,67,79)(H,68,73)/t33-,39-,40-,41-,42-,43-,46-/m0/s1. The van der Waals surface area contributed by atoms with Crippen LogP contribution in [0.15, 0.2) is 54.7 Å². The molecule has 0 fully saturated rings. The lowest BCUT2D eigenvalue weighted by atomic mass is 10.0. The fourth-order valence-electron chi connectivity index (χ4n) is 8.39. The number of hydrogen-bond acceptors (Lipinski definition) is 13. The maximum atomic E-state index is 14.5. The van der Waals surface area contributed by atoms with Crippen LogP contribution in [-0.4, -0.2) is 156 Å². The summed E-state index contributed by atoms with van der Waals surface area (Å²) in [6.45, 7) is 13.7. The Hall–Kier alpha value is -6.79. The summed E-state index contributed by atoms with van der Waals surface area (Å²) >= 11 is 13.6. The predicted molar refractivity (Wildman–Crippen MR) is 314 cm³/mol. The van der Waals surface area contributed by atoms with Gasteiger partial charge in [0, 0.05) is 66.9 Å². The minimum atomic E-state index is -1.50. The number of ether oxygens (including phenoxy) is 1. The number of nitrogens with zero attached hydrogens (tertiary/aromatic N) is 1. The number of aromatic nitrogens is 1. The summed E-state index contributed by atoms with van der Waals surface area (Å²) in [5, 5.41) is 21.7. The second-order valence-electron chi connectivity index (χ2n) is 21.3. The lowest BCUT2D eigenvalue weighted by Crippen LogP contribution is -2.60. The van der Waals surface area contributed by atoms with E-state index in [1.54, 1.807) is 59.0 Å². The van der Waals surface area contributed by atoms with Crippen LogP contribution in [0.4, 0.5) is 10.5 Å². The van der Waals surface area contributed by atoms with E-state index in [2.05, 4.69) is 47.5 Å². The molecular formula is C55H82Cl2N12O11S. The minimum Gasteiger partial charge on any atom is -0.444 e. The van der Waals surface area contributed by atoms with Crippen molar-refractivity contribution in [2.45, 2.75) is 142 Å². The molecule has 26 heteroatoms. The third-order valence-electron chi connectivity index (χ3n) is 12.5. The fourth-order valence-corrected chi connectivity index (χ4v) is 9.27. The largest absolute Gasteiger partial charge is 0.444 e. The van der Waals surface area contributed by atoms with Gasteiger partial charge in [0.1, 0.15) is 47.9 Å². The number of anilines is 1. The summed E-state index contributed by atoms with van der Waals surface area (Å²) in [6, 6.07) is 5.58. The highest BCUT2D eigenvalue weighted by Gasteiger charge is 2.34. The number of alkyl halides is 2. The van der Waals surface area contributed by atoms with Crippen molar-refractivity contribution in [3.05, 3.63) is 65.9 Å². The summed E-state index contributed by atoms with van der Waals surface area (Å²) in [7, 11) is 0. The summed E-state index contributed by atoms with van der Waals surface area (Å²) < 4.78 is 5.49. The van der Waals surface area contributed by atoms with Crippen LogP contribution in [0.25, 0.3) is 10.9 Å². The van der Waals surface area contributed by atoms with Crippen LogP contribution in [-0.2, 0) is 60.7 Å². The molecule has 0 saturated carbocycles. The smallest absolute Gasteiger partial charge is 0.408 e. The zero-order valence-corrected chi connectivity index (χ0v) is 50.0. The highest BCUT2D eigenvalue weighted by Crippen LogP contribution is 2.21. The Morgan fingerprint density at radius 1 is 0.679 bits per heavy atom. The average Bonchev–Trinajstić information content (AvgIpc) is 3.80. The van der Waals surface area contributed by atoms with Gasteiger partial charge in [0.25, 0.3) is 0 Å². The van der Waals surface area contributed by atoms with Gasteiger partial charge in [-0.05, 0) is 100 Å². The molecule has 3 rings (SSSR count). The molecule has 0 aliphatic rings. The van der Waals surface area contributed by atoms with Crippen molar-refractivity contribution in [3.63, 3.8) is 0 Å². The quantitative estimate of drug-likeness (QED) is 0.0383. The summed E-state index contributed by atoms with van der Waals surface area (Å²) in [5.74, 6) is -6.38. The number of benzene rings is 2. The van der Waals surface area contributed by atoms with Crippen LogP contribution in [0.2, 0.25) is 0 Å². The predicted octanol–water partition coefficient (Wildman–Crippen LogP) is 2.38. The number of hydrogen-bond donors (Lipinski definition) is 11. The monoisotopic (exact) mass is 1190 g/mol. The molecule has 0 spiro atoms. The topological polar surface area (TPSA) is 347 Å². The number of fused-ring (bicyclic) bond motifs is 1. The molecule has 10 amide bonds. The van der Waals surface area contributed by atoms with Gasteiger partial charge in [0.05, 0.1) is 6.54 Å². The SMILES string of the molecule is CSCC[C@H](NC(=O)[C@H](CC(C)C)NC(=O)CNC(=O)[C@@H](NC(=O)[C@H](C)NC(=O)[C@H](Cc1c[nH]c2ccccc12)NC(=O)[C@H](CCC(N)=O)NC(=O)[C@H](Cc1cccc(N(CCCl)CCCl)c1)NC(=O)OC(C)(C)C)C(C)C)C(N)=O. The highest BCUT2D eigenvalue weighted by atomic mass is 35.5. The number of nitrogens with one attached hydrogen (secondary N) is 9. The molecule has 0 aliphatic carbocycles. The van der Waals surface area contributed by atoms with Crippen molar-refractivity contribution in [2.24, 2.45) is 23.3 Å². The van der Waals surface area contributed by atoms with Crippen molar-refractivity contribution < 1.29 is 52.7 Å². The molecule has 0 radical (unpaired) electrons.